The number of nitrogens with zero attached hydrogens (tertiary/aromatic N) is 1. The predicted octanol–water partition coefficient (Wildman–Crippen LogP) is 2.20. The highest BCUT2D eigenvalue weighted by atomic mass is 32.2. The van der Waals surface area contributed by atoms with Crippen LogP contribution in [0, 0.1) is 6.92 Å². The summed E-state index contributed by atoms with van der Waals surface area (Å²) in [4.78, 5) is 0.342. The topological polar surface area (TPSA) is 59.3 Å². The number of hydrogen-bond donors (Lipinski definition) is 1. The fraction of sp³-hybridized carbons (Fsp3) is 0.467. The van der Waals surface area contributed by atoms with Crippen LogP contribution in [0.15, 0.2) is 23.1 Å². The van der Waals surface area contributed by atoms with E-state index in [0.29, 0.717) is 11.3 Å². The number of rotatable bonds is 4. The SMILES string of the molecule is Cc1c(CCC(C)O)c2cc(S(C)(=O)=O)ccc2n1C. The average Bonchev–Trinajstić information content (AvgIpc) is 2.58. The monoisotopic (exact) mass is 295 g/mol. The van der Waals surface area contributed by atoms with Crippen molar-refractivity contribution in [2.45, 2.75) is 37.7 Å². The summed E-state index contributed by atoms with van der Waals surface area (Å²) in [6.07, 6.45) is 2.28. The van der Waals surface area contributed by atoms with Crippen molar-refractivity contribution in [1.29, 1.82) is 0 Å². The zero-order chi connectivity index (χ0) is 15.1. The van der Waals surface area contributed by atoms with Crippen LogP contribution in [0.2, 0.25) is 0 Å². The fourth-order valence-corrected chi connectivity index (χ4v) is 3.17. The lowest BCUT2D eigenvalue weighted by Gasteiger charge is -2.05. The van der Waals surface area contributed by atoms with Crippen LogP contribution in [-0.4, -0.2) is 30.5 Å². The molecule has 0 fully saturated rings. The van der Waals surface area contributed by atoms with Crippen molar-refractivity contribution in [2.24, 2.45) is 7.05 Å². The van der Waals surface area contributed by atoms with Crippen molar-refractivity contribution < 1.29 is 13.5 Å². The maximum atomic E-state index is 11.7. The van der Waals surface area contributed by atoms with E-state index in [1.54, 1.807) is 19.1 Å². The number of aliphatic hydroxyl groups excluding tert-OH is 1. The van der Waals surface area contributed by atoms with Gasteiger partial charge in [0.05, 0.1) is 11.0 Å². The number of fused-ring (bicyclic) bond motifs is 1. The molecule has 0 aliphatic heterocycles. The van der Waals surface area contributed by atoms with Gasteiger partial charge in [0.1, 0.15) is 0 Å². The summed E-state index contributed by atoms with van der Waals surface area (Å²) in [6.45, 7) is 3.79. The minimum Gasteiger partial charge on any atom is -0.393 e. The quantitative estimate of drug-likeness (QED) is 0.940. The van der Waals surface area contributed by atoms with Gasteiger partial charge in [-0.3, -0.25) is 0 Å². The molecule has 4 nitrogen and oxygen atoms in total. The molecule has 1 aromatic carbocycles. The molecule has 1 heterocycles. The van der Waals surface area contributed by atoms with E-state index in [9.17, 15) is 13.5 Å². The Balaban J connectivity index is 2.63. The largest absolute Gasteiger partial charge is 0.393 e. The average molecular weight is 295 g/mol. The molecule has 0 spiro atoms. The molecule has 5 heteroatoms. The van der Waals surface area contributed by atoms with Crippen LogP contribution >= 0.6 is 0 Å². The number of benzene rings is 1. The van der Waals surface area contributed by atoms with E-state index in [-0.39, 0.29) is 6.10 Å². The summed E-state index contributed by atoms with van der Waals surface area (Å²) in [6, 6.07) is 5.25. The van der Waals surface area contributed by atoms with Crippen LogP contribution in [-0.2, 0) is 23.3 Å². The van der Waals surface area contributed by atoms with Crippen LogP contribution in [0.5, 0.6) is 0 Å². The zero-order valence-corrected chi connectivity index (χ0v) is 13.2. The smallest absolute Gasteiger partial charge is 0.175 e. The lowest BCUT2D eigenvalue weighted by atomic mass is 10.0. The maximum Gasteiger partial charge on any atom is 0.175 e. The molecular formula is C15H21NO3S. The van der Waals surface area contributed by atoms with E-state index >= 15 is 0 Å². The van der Waals surface area contributed by atoms with Crippen molar-refractivity contribution in [3.8, 4) is 0 Å². The number of aliphatic hydroxyl groups is 1. The first-order valence-corrected chi connectivity index (χ1v) is 8.57. The molecule has 1 aromatic heterocycles. The van der Waals surface area contributed by atoms with Gasteiger partial charge < -0.3 is 9.67 Å². The first-order valence-electron chi connectivity index (χ1n) is 6.68. The molecule has 0 saturated heterocycles. The van der Waals surface area contributed by atoms with Gasteiger partial charge in [0, 0.05) is 29.9 Å². The Bertz CT molecular complexity index is 742. The highest BCUT2D eigenvalue weighted by Gasteiger charge is 2.15. The number of aromatic nitrogens is 1. The van der Waals surface area contributed by atoms with Gasteiger partial charge in [-0.2, -0.15) is 0 Å². The second kappa shape index (κ2) is 5.22. The Morgan fingerprint density at radius 3 is 2.55 bits per heavy atom. The van der Waals surface area contributed by atoms with E-state index < -0.39 is 9.84 Å². The van der Waals surface area contributed by atoms with Gasteiger partial charge in [-0.15, -0.1) is 0 Å². The van der Waals surface area contributed by atoms with E-state index in [4.69, 9.17) is 0 Å². The Kier molecular flexibility index (Phi) is 3.93. The summed E-state index contributed by atoms with van der Waals surface area (Å²) in [5.41, 5.74) is 3.26. The number of hydrogen-bond acceptors (Lipinski definition) is 3. The van der Waals surface area contributed by atoms with E-state index in [1.165, 1.54) is 6.26 Å². The second-order valence-corrected chi connectivity index (χ2v) is 7.48. The van der Waals surface area contributed by atoms with Gasteiger partial charge in [-0.25, -0.2) is 8.42 Å². The Labute approximate surface area is 120 Å². The summed E-state index contributed by atoms with van der Waals surface area (Å²) in [5, 5.41) is 10.4. The third-order valence-electron chi connectivity index (χ3n) is 3.83. The van der Waals surface area contributed by atoms with Crippen LogP contribution < -0.4 is 0 Å². The molecule has 20 heavy (non-hydrogen) atoms. The molecule has 2 rings (SSSR count). The van der Waals surface area contributed by atoms with Gasteiger partial charge in [-0.05, 0) is 50.5 Å². The Morgan fingerprint density at radius 1 is 1.35 bits per heavy atom. The van der Waals surface area contributed by atoms with Gasteiger partial charge >= 0.3 is 0 Å². The molecule has 1 unspecified atom stereocenters. The van der Waals surface area contributed by atoms with Crippen LogP contribution in [0.4, 0.5) is 0 Å². The third kappa shape index (κ3) is 2.74. The predicted molar refractivity (Wildman–Crippen MR) is 80.8 cm³/mol. The minimum absolute atomic E-state index is 0.342. The van der Waals surface area contributed by atoms with Crippen LogP contribution in [0.3, 0.4) is 0 Å². The fourth-order valence-electron chi connectivity index (χ4n) is 2.53. The number of aryl methyl sites for hydroxylation is 2. The molecule has 0 aliphatic carbocycles. The Morgan fingerprint density at radius 2 is 2.00 bits per heavy atom. The van der Waals surface area contributed by atoms with Crippen molar-refractivity contribution in [3.05, 3.63) is 29.5 Å². The highest BCUT2D eigenvalue weighted by Crippen LogP contribution is 2.28. The van der Waals surface area contributed by atoms with Gasteiger partial charge in [0.2, 0.25) is 0 Å². The lowest BCUT2D eigenvalue weighted by Crippen LogP contribution is -2.02. The molecule has 1 N–H and O–H groups in total. The standard InChI is InChI=1S/C15H21NO3S/c1-10(17)5-7-13-11(2)16(3)15-8-6-12(9-14(13)15)20(4,18)19/h6,8-10,17H,5,7H2,1-4H3. The molecule has 0 bridgehead atoms. The van der Waals surface area contributed by atoms with E-state index in [1.807, 2.05) is 20.0 Å². The molecule has 0 aliphatic rings. The molecule has 2 aromatic rings. The normalized spacial score (nSPS) is 13.8. The van der Waals surface area contributed by atoms with Crippen molar-refractivity contribution in [3.63, 3.8) is 0 Å². The molecule has 0 amide bonds. The van der Waals surface area contributed by atoms with Crippen molar-refractivity contribution in [2.75, 3.05) is 6.26 Å². The van der Waals surface area contributed by atoms with Gasteiger partial charge in [0.25, 0.3) is 0 Å². The molecule has 1 atom stereocenters. The molecule has 0 radical (unpaired) electrons. The lowest BCUT2D eigenvalue weighted by molar-refractivity contribution is 0.185. The summed E-state index contributed by atoms with van der Waals surface area (Å²) >= 11 is 0. The minimum atomic E-state index is -3.20. The summed E-state index contributed by atoms with van der Waals surface area (Å²) in [7, 11) is -1.23. The van der Waals surface area contributed by atoms with Crippen LogP contribution in [0.25, 0.3) is 10.9 Å². The summed E-state index contributed by atoms with van der Waals surface area (Å²) in [5.74, 6) is 0. The molecule has 0 saturated carbocycles. The Hall–Kier alpha value is -1.33. The summed E-state index contributed by atoms with van der Waals surface area (Å²) < 4.78 is 25.5. The van der Waals surface area contributed by atoms with E-state index in [2.05, 4.69) is 4.57 Å². The second-order valence-electron chi connectivity index (χ2n) is 5.46. The zero-order valence-electron chi connectivity index (χ0n) is 12.3. The highest BCUT2D eigenvalue weighted by molar-refractivity contribution is 7.90. The first kappa shape index (κ1) is 15.1. The first-order chi connectivity index (χ1) is 9.21. The van der Waals surface area contributed by atoms with Crippen molar-refractivity contribution in [1.82, 2.24) is 4.57 Å². The number of sulfone groups is 1. The van der Waals surface area contributed by atoms with Gasteiger partial charge in [0.15, 0.2) is 9.84 Å². The van der Waals surface area contributed by atoms with Gasteiger partial charge in [-0.1, -0.05) is 0 Å². The third-order valence-corrected chi connectivity index (χ3v) is 4.94. The molecule has 110 valence electrons. The molecular weight excluding hydrogens is 274 g/mol. The van der Waals surface area contributed by atoms with E-state index in [0.717, 1.165) is 28.6 Å². The van der Waals surface area contributed by atoms with Crippen molar-refractivity contribution >= 4 is 20.7 Å². The maximum absolute atomic E-state index is 11.7. The van der Waals surface area contributed by atoms with Crippen LogP contribution in [0.1, 0.15) is 24.6 Å².